The van der Waals surface area contributed by atoms with Crippen LogP contribution in [-0.2, 0) is 4.43 Å². The molecule has 106 valence electrons. The van der Waals surface area contributed by atoms with E-state index in [9.17, 15) is 9.90 Å². The van der Waals surface area contributed by atoms with Crippen LogP contribution in [0.15, 0.2) is 0 Å². The zero-order valence-electron chi connectivity index (χ0n) is 11.9. The van der Waals surface area contributed by atoms with Gasteiger partial charge in [-0.3, -0.25) is 0 Å². The molecule has 0 spiro atoms. The van der Waals surface area contributed by atoms with Crippen molar-refractivity contribution in [2.24, 2.45) is 0 Å². The van der Waals surface area contributed by atoms with Crippen molar-refractivity contribution >= 4 is 14.4 Å². The van der Waals surface area contributed by atoms with E-state index in [1.165, 1.54) is 4.90 Å². The minimum atomic E-state index is -1.86. The van der Waals surface area contributed by atoms with Crippen LogP contribution in [-0.4, -0.2) is 54.8 Å². The number of aliphatic hydroxyl groups is 1. The molecule has 0 aromatic rings. The highest BCUT2D eigenvalue weighted by Gasteiger charge is 2.40. The fourth-order valence-electron chi connectivity index (χ4n) is 1.81. The number of β-amino-alcohol motifs (C(OH)–C–C–N with tert-alkyl or cyclic N) is 1. The van der Waals surface area contributed by atoms with Gasteiger partial charge in [0, 0.05) is 0 Å². The van der Waals surface area contributed by atoms with Gasteiger partial charge in [-0.2, -0.15) is 0 Å². The van der Waals surface area contributed by atoms with Crippen LogP contribution in [0, 0.1) is 0 Å². The SMILES string of the molecule is CC(C)(C)[Si](C)(C)OC[C@@H]1CC(O)CN1C(=O)O. The van der Waals surface area contributed by atoms with Crippen LogP contribution in [0.25, 0.3) is 0 Å². The molecular weight excluding hydrogens is 250 g/mol. The molecule has 5 nitrogen and oxygen atoms in total. The summed E-state index contributed by atoms with van der Waals surface area (Å²) in [5.41, 5.74) is 0. The third-order valence-corrected chi connectivity index (χ3v) is 8.58. The largest absolute Gasteiger partial charge is 0.465 e. The van der Waals surface area contributed by atoms with Crippen molar-refractivity contribution in [1.29, 1.82) is 0 Å². The zero-order chi connectivity index (χ0) is 14.1. The highest BCUT2D eigenvalue weighted by Crippen LogP contribution is 2.37. The van der Waals surface area contributed by atoms with Crippen molar-refractivity contribution in [1.82, 2.24) is 4.90 Å². The highest BCUT2D eigenvalue weighted by molar-refractivity contribution is 6.74. The number of carbonyl (C=O) groups is 1. The Balaban J connectivity index is 2.60. The van der Waals surface area contributed by atoms with Gasteiger partial charge in [-0.15, -0.1) is 0 Å². The standard InChI is InChI=1S/C12H25NO4Si/c1-12(2,3)18(4,5)17-8-9-6-10(14)7-13(9)11(15)16/h9-10,14H,6-8H2,1-5H3,(H,15,16)/t9-,10?/m0/s1. The lowest BCUT2D eigenvalue weighted by atomic mass is 10.2. The summed E-state index contributed by atoms with van der Waals surface area (Å²) in [5.74, 6) is 0. The Kier molecular flexibility index (Phi) is 4.45. The van der Waals surface area contributed by atoms with Crippen LogP contribution in [0.2, 0.25) is 18.1 Å². The van der Waals surface area contributed by atoms with Gasteiger partial charge in [0.25, 0.3) is 0 Å². The van der Waals surface area contributed by atoms with E-state index >= 15 is 0 Å². The molecule has 2 N–H and O–H groups in total. The van der Waals surface area contributed by atoms with Gasteiger partial charge >= 0.3 is 6.09 Å². The van der Waals surface area contributed by atoms with Gasteiger partial charge in [-0.1, -0.05) is 20.8 Å². The maximum Gasteiger partial charge on any atom is 0.407 e. The molecule has 1 unspecified atom stereocenters. The number of amides is 1. The Morgan fingerprint density at radius 2 is 2.00 bits per heavy atom. The average molecular weight is 275 g/mol. The van der Waals surface area contributed by atoms with Gasteiger partial charge in [0.05, 0.1) is 25.3 Å². The number of rotatable bonds is 3. The summed E-state index contributed by atoms with van der Waals surface area (Å²) in [5, 5.41) is 18.7. The molecule has 1 saturated heterocycles. The molecule has 0 aliphatic carbocycles. The second kappa shape index (κ2) is 5.18. The summed E-state index contributed by atoms with van der Waals surface area (Å²) in [7, 11) is -1.86. The van der Waals surface area contributed by atoms with E-state index in [0.717, 1.165) is 0 Å². The molecule has 0 radical (unpaired) electrons. The molecule has 0 aromatic heterocycles. The fraction of sp³-hybridized carbons (Fsp3) is 0.917. The maximum atomic E-state index is 11.0. The van der Waals surface area contributed by atoms with E-state index in [1.54, 1.807) is 0 Å². The minimum absolute atomic E-state index is 0.109. The number of hydrogen-bond donors (Lipinski definition) is 2. The number of hydrogen-bond acceptors (Lipinski definition) is 3. The monoisotopic (exact) mass is 275 g/mol. The molecule has 0 aromatic carbocycles. The topological polar surface area (TPSA) is 70.0 Å². The van der Waals surface area contributed by atoms with Crippen LogP contribution in [0.1, 0.15) is 27.2 Å². The van der Waals surface area contributed by atoms with E-state index < -0.39 is 20.5 Å². The van der Waals surface area contributed by atoms with Gasteiger partial charge in [0.2, 0.25) is 0 Å². The molecule has 1 aliphatic rings. The van der Waals surface area contributed by atoms with Crippen molar-refractivity contribution < 1.29 is 19.4 Å². The van der Waals surface area contributed by atoms with Crippen LogP contribution >= 0.6 is 0 Å². The van der Waals surface area contributed by atoms with Crippen molar-refractivity contribution in [3.05, 3.63) is 0 Å². The summed E-state index contributed by atoms with van der Waals surface area (Å²) in [6, 6.07) is -0.216. The molecular formula is C12H25NO4Si. The summed E-state index contributed by atoms with van der Waals surface area (Å²) in [6.07, 6.45) is -1.06. The Hall–Kier alpha value is -0.593. The normalized spacial score (nSPS) is 25.6. The van der Waals surface area contributed by atoms with Crippen molar-refractivity contribution in [2.75, 3.05) is 13.2 Å². The molecule has 2 atom stereocenters. The first-order chi connectivity index (χ1) is 8.04. The lowest BCUT2D eigenvalue weighted by Crippen LogP contribution is -2.45. The first-order valence-electron chi connectivity index (χ1n) is 6.36. The second-order valence-corrected chi connectivity index (χ2v) is 11.4. The zero-order valence-corrected chi connectivity index (χ0v) is 12.9. The predicted octanol–water partition coefficient (Wildman–Crippen LogP) is 2.12. The van der Waals surface area contributed by atoms with Gasteiger partial charge in [0.1, 0.15) is 0 Å². The maximum absolute atomic E-state index is 11.0. The van der Waals surface area contributed by atoms with Gasteiger partial charge in [-0.25, -0.2) is 4.79 Å². The molecule has 1 amide bonds. The van der Waals surface area contributed by atoms with E-state index in [0.29, 0.717) is 13.0 Å². The van der Waals surface area contributed by atoms with Crippen LogP contribution in [0.3, 0.4) is 0 Å². The molecule has 18 heavy (non-hydrogen) atoms. The fourth-order valence-corrected chi connectivity index (χ4v) is 2.85. The first-order valence-corrected chi connectivity index (χ1v) is 9.27. The smallest absolute Gasteiger partial charge is 0.407 e. The van der Waals surface area contributed by atoms with Crippen molar-refractivity contribution in [3.8, 4) is 0 Å². The molecule has 1 rings (SSSR count). The van der Waals surface area contributed by atoms with E-state index in [1.807, 2.05) is 0 Å². The number of likely N-dealkylation sites (tertiary alicyclic amines) is 1. The van der Waals surface area contributed by atoms with Gasteiger partial charge < -0.3 is 19.5 Å². The van der Waals surface area contributed by atoms with Crippen LogP contribution in [0.5, 0.6) is 0 Å². The summed E-state index contributed by atoms with van der Waals surface area (Å²) < 4.78 is 6.03. The van der Waals surface area contributed by atoms with Crippen LogP contribution < -0.4 is 0 Å². The minimum Gasteiger partial charge on any atom is -0.465 e. The number of carboxylic acid groups (broad SMARTS) is 1. The van der Waals surface area contributed by atoms with Crippen molar-refractivity contribution in [3.63, 3.8) is 0 Å². The summed E-state index contributed by atoms with van der Waals surface area (Å²) in [6.45, 7) is 11.3. The lowest BCUT2D eigenvalue weighted by molar-refractivity contribution is 0.117. The van der Waals surface area contributed by atoms with Crippen LogP contribution in [0.4, 0.5) is 4.79 Å². The quantitative estimate of drug-likeness (QED) is 0.774. The Labute approximate surface area is 110 Å². The second-order valence-electron chi connectivity index (χ2n) is 6.55. The summed E-state index contributed by atoms with van der Waals surface area (Å²) in [4.78, 5) is 12.3. The Morgan fingerprint density at radius 1 is 1.44 bits per heavy atom. The average Bonchev–Trinajstić information content (AvgIpc) is 2.55. The Bertz CT molecular complexity index is 314. The molecule has 0 saturated carbocycles. The van der Waals surface area contributed by atoms with Gasteiger partial charge in [-0.05, 0) is 24.6 Å². The number of nitrogens with zero attached hydrogens (tertiary/aromatic N) is 1. The van der Waals surface area contributed by atoms with E-state index in [2.05, 4.69) is 33.9 Å². The van der Waals surface area contributed by atoms with E-state index in [-0.39, 0.29) is 17.6 Å². The molecule has 6 heteroatoms. The predicted molar refractivity (Wildman–Crippen MR) is 72.3 cm³/mol. The Morgan fingerprint density at radius 3 is 2.44 bits per heavy atom. The molecule has 1 fully saturated rings. The van der Waals surface area contributed by atoms with Gasteiger partial charge in [0.15, 0.2) is 8.32 Å². The third kappa shape index (κ3) is 3.46. The highest BCUT2D eigenvalue weighted by atomic mass is 28.4. The molecule has 1 aliphatic heterocycles. The first kappa shape index (κ1) is 15.5. The number of aliphatic hydroxyl groups excluding tert-OH is 1. The lowest BCUT2D eigenvalue weighted by Gasteiger charge is -2.37. The van der Waals surface area contributed by atoms with Crippen molar-refractivity contribution in [2.45, 2.75) is 57.5 Å². The third-order valence-electron chi connectivity index (χ3n) is 4.08. The molecule has 0 bridgehead atoms. The molecule has 1 heterocycles. The summed E-state index contributed by atoms with van der Waals surface area (Å²) >= 11 is 0. The van der Waals surface area contributed by atoms with E-state index in [4.69, 9.17) is 9.53 Å².